The number of pyridine rings is 1. The molecule has 0 saturated heterocycles. The first-order valence-corrected chi connectivity index (χ1v) is 5.73. The number of benzene rings is 1. The summed E-state index contributed by atoms with van der Waals surface area (Å²) in [7, 11) is 3.65. The topological polar surface area (TPSA) is 51.4 Å². The average molecular weight is 243 g/mol. The zero-order chi connectivity index (χ0) is 13.0. The van der Waals surface area contributed by atoms with E-state index in [1.54, 1.807) is 19.4 Å². The molecular formula is C14H17N3O. The van der Waals surface area contributed by atoms with Gasteiger partial charge in [0.1, 0.15) is 5.75 Å². The van der Waals surface area contributed by atoms with E-state index in [9.17, 15) is 0 Å². The minimum absolute atomic E-state index is 0.697. The normalized spacial score (nSPS) is 10.1. The van der Waals surface area contributed by atoms with Gasteiger partial charge in [-0.2, -0.15) is 0 Å². The highest BCUT2D eigenvalue weighted by atomic mass is 16.5. The van der Waals surface area contributed by atoms with Crippen LogP contribution in [0.3, 0.4) is 0 Å². The van der Waals surface area contributed by atoms with Gasteiger partial charge in [0.15, 0.2) is 0 Å². The molecule has 0 aliphatic heterocycles. The minimum atomic E-state index is 0.697. The first-order valence-electron chi connectivity index (χ1n) is 5.73. The van der Waals surface area contributed by atoms with Gasteiger partial charge in [-0.05, 0) is 17.7 Å². The van der Waals surface area contributed by atoms with Gasteiger partial charge in [-0.15, -0.1) is 0 Å². The van der Waals surface area contributed by atoms with Gasteiger partial charge in [-0.3, -0.25) is 4.98 Å². The van der Waals surface area contributed by atoms with Crippen molar-refractivity contribution in [3.8, 4) is 5.75 Å². The number of hydrogen-bond acceptors (Lipinski definition) is 4. The standard InChI is InChI=1S/C14H17N3O/c1-17(10-11-4-3-5-16-9-11)13-6-12(15)7-14(8-13)18-2/h3-9H,10,15H2,1-2H3. The lowest BCUT2D eigenvalue weighted by Gasteiger charge is -2.20. The zero-order valence-electron chi connectivity index (χ0n) is 10.6. The summed E-state index contributed by atoms with van der Waals surface area (Å²) >= 11 is 0. The van der Waals surface area contributed by atoms with Crippen molar-refractivity contribution >= 4 is 11.4 Å². The molecular weight excluding hydrogens is 226 g/mol. The quantitative estimate of drug-likeness (QED) is 0.837. The Bertz CT molecular complexity index is 514. The van der Waals surface area contributed by atoms with Crippen molar-refractivity contribution in [2.75, 3.05) is 24.8 Å². The Morgan fingerprint density at radius 2 is 2.17 bits per heavy atom. The average Bonchev–Trinajstić information content (AvgIpc) is 2.39. The van der Waals surface area contributed by atoms with Gasteiger partial charge in [0.2, 0.25) is 0 Å². The van der Waals surface area contributed by atoms with Gasteiger partial charge in [-0.25, -0.2) is 0 Å². The Labute approximate surface area is 107 Å². The molecule has 0 aliphatic rings. The molecule has 0 amide bonds. The van der Waals surface area contributed by atoms with Crippen LogP contribution in [0, 0.1) is 0 Å². The molecule has 94 valence electrons. The van der Waals surface area contributed by atoms with Crippen LogP contribution < -0.4 is 15.4 Å². The van der Waals surface area contributed by atoms with Crippen molar-refractivity contribution in [2.24, 2.45) is 0 Å². The van der Waals surface area contributed by atoms with Gasteiger partial charge < -0.3 is 15.4 Å². The summed E-state index contributed by atoms with van der Waals surface area (Å²) in [6.45, 7) is 0.778. The smallest absolute Gasteiger partial charge is 0.122 e. The van der Waals surface area contributed by atoms with Gasteiger partial charge in [-0.1, -0.05) is 6.07 Å². The molecule has 1 heterocycles. The predicted molar refractivity (Wildman–Crippen MR) is 73.8 cm³/mol. The number of hydrogen-bond donors (Lipinski definition) is 1. The summed E-state index contributed by atoms with van der Waals surface area (Å²) in [6.07, 6.45) is 3.63. The van der Waals surface area contributed by atoms with Crippen LogP contribution in [-0.2, 0) is 6.54 Å². The lowest BCUT2D eigenvalue weighted by Crippen LogP contribution is -2.16. The molecule has 4 heteroatoms. The molecule has 2 aromatic rings. The Morgan fingerprint density at radius 1 is 1.33 bits per heavy atom. The van der Waals surface area contributed by atoms with E-state index < -0.39 is 0 Å². The van der Waals surface area contributed by atoms with Crippen LogP contribution in [0.1, 0.15) is 5.56 Å². The predicted octanol–water partition coefficient (Wildman–Crippen LogP) is 2.31. The third-order valence-corrected chi connectivity index (χ3v) is 2.73. The molecule has 4 nitrogen and oxygen atoms in total. The van der Waals surface area contributed by atoms with E-state index in [0.29, 0.717) is 5.69 Å². The first kappa shape index (κ1) is 12.2. The fraction of sp³-hybridized carbons (Fsp3) is 0.214. The van der Waals surface area contributed by atoms with Crippen molar-refractivity contribution in [1.29, 1.82) is 0 Å². The molecule has 0 saturated carbocycles. The second kappa shape index (κ2) is 5.40. The number of nitrogen functional groups attached to an aromatic ring is 1. The number of methoxy groups -OCH3 is 1. The molecule has 0 radical (unpaired) electrons. The van der Waals surface area contributed by atoms with E-state index in [2.05, 4.69) is 9.88 Å². The van der Waals surface area contributed by atoms with Crippen LogP contribution in [0.4, 0.5) is 11.4 Å². The van der Waals surface area contributed by atoms with E-state index in [0.717, 1.165) is 23.5 Å². The second-order valence-electron chi connectivity index (χ2n) is 4.18. The van der Waals surface area contributed by atoms with E-state index >= 15 is 0 Å². The molecule has 0 bridgehead atoms. The SMILES string of the molecule is COc1cc(N)cc(N(C)Cc2cccnc2)c1. The Kier molecular flexibility index (Phi) is 3.67. The van der Waals surface area contributed by atoms with Crippen LogP contribution in [0.2, 0.25) is 0 Å². The molecule has 0 unspecified atom stereocenters. The van der Waals surface area contributed by atoms with Crippen molar-refractivity contribution in [3.05, 3.63) is 48.3 Å². The molecule has 0 spiro atoms. The van der Waals surface area contributed by atoms with Crippen LogP contribution >= 0.6 is 0 Å². The van der Waals surface area contributed by atoms with Crippen molar-refractivity contribution in [3.63, 3.8) is 0 Å². The monoisotopic (exact) mass is 243 g/mol. The maximum absolute atomic E-state index is 5.85. The molecule has 2 N–H and O–H groups in total. The third-order valence-electron chi connectivity index (χ3n) is 2.73. The lowest BCUT2D eigenvalue weighted by atomic mass is 10.2. The highest BCUT2D eigenvalue weighted by molar-refractivity contribution is 5.60. The second-order valence-corrected chi connectivity index (χ2v) is 4.18. The van der Waals surface area contributed by atoms with E-state index in [1.165, 1.54) is 0 Å². The number of aromatic nitrogens is 1. The zero-order valence-corrected chi connectivity index (χ0v) is 10.6. The summed E-state index contributed by atoms with van der Waals surface area (Å²) in [5, 5.41) is 0. The fourth-order valence-corrected chi connectivity index (χ4v) is 1.80. The largest absolute Gasteiger partial charge is 0.497 e. The molecule has 2 rings (SSSR count). The van der Waals surface area contributed by atoms with E-state index in [1.807, 2.05) is 37.5 Å². The van der Waals surface area contributed by atoms with E-state index in [4.69, 9.17) is 10.5 Å². The maximum Gasteiger partial charge on any atom is 0.122 e. The highest BCUT2D eigenvalue weighted by Crippen LogP contribution is 2.25. The molecule has 1 aromatic heterocycles. The molecule has 1 aromatic carbocycles. The van der Waals surface area contributed by atoms with Gasteiger partial charge in [0.25, 0.3) is 0 Å². The van der Waals surface area contributed by atoms with Gasteiger partial charge in [0, 0.05) is 49.5 Å². The highest BCUT2D eigenvalue weighted by Gasteiger charge is 2.05. The summed E-state index contributed by atoms with van der Waals surface area (Å²) in [6, 6.07) is 9.68. The summed E-state index contributed by atoms with van der Waals surface area (Å²) in [5.74, 6) is 0.767. The Morgan fingerprint density at radius 3 is 2.83 bits per heavy atom. The lowest BCUT2D eigenvalue weighted by molar-refractivity contribution is 0.415. The molecule has 0 fully saturated rings. The number of anilines is 2. The molecule has 0 atom stereocenters. The van der Waals surface area contributed by atoms with E-state index in [-0.39, 0.29) is 0 Å². The first-order chi connectivity index (χ1) is 8.69. The molecule has 18 heavy (non-hydrogen) atoms. The fourth-order valence-electron chi connectivity index (χ4n) is 1.80. The van der Waals surface area contributed by atoms with Crippen molar-refractivity contribution < 1.29 is 4.74 Å². The van der Waals surface area contributed by atoms with Crippen LogP contribution in [-0.4, -0.2) is 19.1 Å². The minimum Gasteiger partial charge on any atom is -0.497 e. The van der Waals surface area contributed by atoms with Crippen molar-refractivity contribution in [2.45, 2.75) is 6.54 Å². The van der Waals surface area contributed by atoms with Crippen molar-refractivity contribution in [1.82, 2.24) is 4.98 Å². The summed E-state index contributed by atoms with van der Waals surface area (Å²) < 4.78 is 5.22. The van der Waals surface area contributed by atoms with Crippen LogP contribution in [0.5, 0.6) is 5.75 Å². The van der Waals surface area contributed by atoms with Gasteiger partial charge in [0.05, 0.1) is 7.11 Å². The summed E-state index contributed by atoms with van der Waals surface area (Å²) in [5.41, 5.74) is 8.72. The summed E-state index contributed by atoms with van der Waals surface area (Å²) in [4.78, 5) is 6.21. The number of rotatable bonds is 4. The van der Waals surface area contributed by atoms with Crippen LogP contribution in [0.15, 0.2) is 42.7 Å². The number of nitrogens with zero attached hydrogens (tertiary/aromatic N) is 2. The maximum atomic E-state index is 5.85. The Balaban J connectivity index is 2.18. The van der Waals surface area contributed by atoms with Gasteiger partial charge >= 0.3 is 0 Å². The molecule has 0 aliphatic carbocycles. The number of nitrogens with two attached hydrogens (primary N) is 1. The Hall–Kier alpha value is -2.23. The number of ether oxygens (including phenoxy) is 1. The van der Waals surface area contributed by atoms with Crippen LogP contribution in [0.25, 0.3) is 0 Å². The third kappa shape index (κ3) is 2.91.